The Morgan fingerprint density at radius 1 is 1.21 bits per heavy atom. The number of amides is 2. The second-order valence-electron chi connectivity index (χ2n) is 6.44. The van der Waals surface area contributed by atoms with Crippen LogP contribution >= 0.6 is 27.5 Å². The van der Waals surface area contributed by atoms with E-state index in [9.17, 15) is 9.59 Å². The van der Waals surface area contributed by atoms with Crippen LogP contribution in [0.15, 0.2) is 46.9 Å². The minimum atomic E-state index is -0.627. The third-order valence-electron chi connectivity index (χ3n) is 4.24. The van der Waals surface area contributed by atoms with Crippen molar-refractivity contribution >= 4 is 39.3 Å². The van der Waals surface area contributed by atoms with Crippen molar-refractivity contribution in [3.63, 3.8) is 0 Å². The summed E-state index contributed by atoms with van der Waals surface area (Å²) in [6.07, 6.45) is 0. The fourth-order valence-corrected chi connectivity index (χ4v) is 3.34. The van der Waals surface area contributed by atoms with Crippen molar-refractivity contribution in [2.45, 2.75) is 33.4 Å². The van der Waals surface area contributed by atoms with E-state index < -0.39 is 6.04 Å². The van der Waals surface area contributed by atoms with E-state index in [0.29, 0.717) is 23.9 Å². The van der Waals surface area contributed by atoms with Crippen molar-refractivity contribution in [1.29, 1.82) is 0 Å². The van der Waals surface area contributed by atoms with Crippen molar-refractivity contribution in [3.8, 4) is 5.75 Å². The van der Waals surface area contributed by atoms with E-state index in [2.05, 4.69) is 21.2 Å². The van der Waals surface area contributed by atoms with Gasteiger partial charge in [0, 0.05) is 17.6 Å². The maximum Gasteiger partial charge on any atom is 0.261 e. The molecule has 2 aromatic rings. The van der Waals surface area contributed by atoms with Gasteiger partial charge in [0.1, 0.15) is 11.8 Å². The number of carbonyl (C=O) groups excluding carboxylic acids is 2. The highest BCUT2D eigenvalue weighted by molar-refractivity contribution is 9.10. The number of rotatable bonds is 8. The number of carbonyl (C=O) groups is 2. The molecule has 0 saturated heterocycles. The second kappa shape index (κ2) is 10.5. The number of hydrogen-bond donors (Lipinski definition) is 1. The molecule has 0 aliphatic rings. The van der Waals surface area contributed by atoms with Gasteiger partial charge in [0.2, 0.25) is 5.91 Å². The Balaban J connectivity index is 2.15. The third kappa shape index (κ3) is 6.24. The van der Waals surface area contributed by atoms with Gasteiger partial charge in [-0.1, -0.05) is 57.4 Å². The second-order valence-corrected chi connectivity index (χ2v) is 7.76. The summed E-state index contributed by atoms with van der Waals surface area (Å²) in [4.78, 5) is 26.7. The zero-order valence-electron chi connectivity index (χ0n) is 16.2. The topological polar surface area (TPSA) is 58.6 Å². The van der Waals surface area contributed by atoms with E-state index in [4.69, 9.17) is 16.3 Å². The van der Waals surface area contributed by atoms with Crippen LogP contribution in [0.3, 0.4) is 0 Å². The standard InChI is InChI=1S/C21H24BrClN2O3/c1-4-24-21(27)15(3)25(12-16-7-5-14(2)6-8-16)20(26)13-28-19-10-9-17(22)11-18(19)23/h5-11,15H,4,12-13H2,1-3H3,(H,24,27)/t15-/m1/s1. The Kier molecular flexibility index (Phi) is 8.33. The monoisotopic (exact) mass is 466 g/mol. The lowest BCUT2D eigenvalue weighted by atomic mass is 10.1. The van der Waals surface area contributed by atoms with Crippen LogP contribution in [0, 0.1) is 6.92 Å². The van der Waals surface area contributed by atoms with Crippen LogP contribution in [0.2, 0.25) is 5.02 Å². The summed E-state index contributed by atoms with van der Waals surface area (Å²) in [5, 5.41) is 3.17. The van der Waals surface area contributed by atoms with Gasteiger partial charge in [-0.15, -0.1) is 0 Å². The smallest absolute Gasteiger partial charge is 0.261 e. The molecular weight excluding hydrogens is 444 g/mol. The number of benzene rings is 2. The minimum Gasteiger partial charge on any atom is -0.482 e. The van der Waals surface area contributed by atoms with Crippen molar-refractivity contribution in [1.82, 2.24) is 10.2 Å². The van der Waals surface area contributed by atoms with Gasteiger partial charge in [0.25, 0.3) is 5.91 Å². The van der Waals surface area contributed by atoms with E-state index in [-0.39, 0.29) is 18.4 Å². The van der Waals surface area contributed by atoms with Crippen molar-refractivity contribution in [2.24, 2.45) is 0 Å². The number of nitrogens with zero attached hydrogens (tertiary/aromatic N) is 1. The Labute approximate surface area is 179 Å². The SMILES string of the molecule is CCNC(=O)[C@@H](C)N(Cc1ccc(C)cc1)C(=O)COc1ccc(Br)cc1Cl. The van der Waals surface area contributed by atoms with Gasteiger partial charge in [-0.25, -0.2) is 0 Å². The maximum absolute atomic E-state index is 12.9. The largest absolute Gasteiger partial charge is 0.482 e. The normalized spacial score (nSPS) is 11.6. The predicted molar refractivity (Wildman–Crippen MR) is 115 cm³/mol. The number of ether oxygens (including phenoxy) is 1. The summed E-state index contributed by atoms with van der Waals surface area (Å²) >= 11 is 9.48. The Morgan fingerprint density at radius 2 is 1.89 bits per heavy atom. The summed E-state index contributed by atoms with van der Waals surface area (Å²) in [6.45, 7) is 6.16. The van der Waals surface area contributed by atoms with Crippen LogP contribution in [0.25, 0.3) is 0 Å². The molecule has 0 aromatic heterocycles. The molecule has 0 bridgehead atoms. The van der Waals surface area contributed by atoms with Gasteiger partial charge in [0.05, 0.1) is 5.02 Å². The van der Waals surface area contributed by atoms with E-state index in [1.165, 1.54) is 4.90 Å². The van der Waals surface area contributed by atoms with E-state index in [1.807, 2.05) is 38.1 Å². The zero-order valence-corrected chi connectivity index (χ0v) is 18.5. The van der Waals surface area contributed by atoms with Crippen LogP contribution in [0.4, 0.5) is 0 Å². The molecule has 1 N–H and O–H groups in total. The molecule has 1 atom stereocenters. The number of nitrogens with one attached hydrogen (secondary N) is 1. The quantitative estimate of drug-likeness (QED) is 0.628. The van der Waals surface area contributed by atoms with Gasteiger partial charge in [0.15, 0.2) is 6.61 Å². The minimum absolute atomic E-state index is 0.204. The first-order valence-electron chi connectivity index (χ1n) is 9.02. The van der Waals surface area contributed by atoms with Crippen LogP contribution in [0.5, 0.6) is 5.75 Å². The van der Waals surface area contributed by atoms with Crippen LogP contribution in [-0.2, 0) is 16.1 Å². The predicted octanol–water partition coefficient (Wildman–Crippen LogP) is 4.34. The van der Waals surface area contributed by atoms with Gasteiger partial charge in [-0.3, -0.25) is 9.59 Å². The first-order valence-corrected chi connectivity index (χ1v) is 10.2. The fraction of sp³-hybridized carbons (Fsp3) is 0.333. The molecule has 7 heteroatoms. The highest BCUT2D eigenvalue weighted by Gasteiger charge is 2.26. The average Bonchev–Trinajstić information content (AvgIpc) is 2.66. The van der Waals surface area contributed by atoms with E-state index in [1.54, 1.807) is 25.1 Å². The Morgan fingerprint density at radius 3 is 2.50 bits per heavy atom. The molecule has 0 aliphatic carbocycles. The number of aryl methyl sites for hydroxylation is 1. The third-order valence-corrected chi connectivity index (χ3v) is 5.03. The van der Waals surface area contributed by atoms with E-state index >= 15 is 0 Å². The van der Waals surface area contributed by atoms with Crippen LogP contribution in [-0.4, -0.2) is 35.9 Å². The molecular formula is C21H24BrClN2O3. The molecule has 2 amide bonds. The Hall–Kier alpha value is -2.05. The molecule has 150 valence electrons. The number of hydrogen-bond acceptors (Lipinski definition) is 3. The molecule has 0 unspecified atom stereocenters. The molecule has 0 heterocycles. The first kappa shape index (κ1) is 22.2. The molecule has 0 spiro atoms. The molecule has 0 radical (unpaired) electrons. The molecule has 0 saturated carbocycles. The van der Waals surface area contributed by atoms with Crippen LogP contribution in [0.1, 0.15) is 25.0 Å². The van der Waals surface area contributed by atoms with Gasteiger partial charge in [-0.05, 0) is 44.5 Å². The van der Waals surface area contributed by atoms with Crippen LogP contribution < -0.4 is 10.1 Å². The molecule has 0 aliphatic heterocycles. The average molecular weight is 468 g/mol. The zero-order chi connectivity index (χ0) is 20.7. The summed E-state index contributed by atoms with van der Waals surface area (Å²) in [5.74, 6) is -0.0814. The molecule has 5 nitrogen and oxygen atoms in total. The summed E-state index contributed by atoms with van der Waals surface area (Å²) in [7, 11) is 0. The fourth-order valence-electron chi connectivity index (χ4n) is 2.61. The summed E-state index contributed by atoms with van der Waals surface area (Å²) in [6, 6.07) is 12.4. The lowest BCUT2D eigenvalue weighted by molar-refractivity contribution is -0.142. The summed E-state index contributed by atoms with van der Waals surface area (Å²) < 4.78 is 6.43. The highest BCUT2D eigenvalue weighted by Crippen LogP contribution is 2.27. The van der Waals surface area contributed by atoms with Crippen molar-refractivity contribution in [2.75, 3.05) is 13.2 Å². The lowest BCUT2D eigenvalue weighted by Gasteiger charge is -2.28. The number of halogens is 2. The van der Waals surface area contributed by atoms with Crippen molar-refractivity contribution in [3.05, 3.63) is 63.1 Å². The molecule has 28 heavy (non-hydrogen) atoms. The summed E-state index contributed by atoms with van der Waals surface area (Å²) in [5.41, 5.74) is 2.07. The molecule has 2 rings (SSSR count). The number of likely N-dealkylation sites (N-methyl/N-ethyl adjacent to an activating group) is 1. The maximum atomic E-state index is 12.9. The molecule has 0 fully saturated rings. The van der Waals surface area contributed by atoms with E-state index in [0.717, 1.165) is 15.6 Å². The van der Waals surface area contributed by atoms with Gasteiger partial charge < -0.3 is 15.0 Å². The molecule has 2 aromatic carbocycles. The van der Waals surface area contributed by atoms with Gasteiger partial charge in [-0.2, -0.15) is 0 Å². The first-order chi connectivity index (χ1) is 13.3. The highest BCUT2D eigenvalue weighted by atomic mass is 79.9. The van der Waals surface area contributed by atoms with Crippen molar-refractivity contribution < 1.29 is 14.3 Å². The lowest BCUT2D eigenvalue weighted by Crippen LogP contribution is -2.49. The Bertz CT molecular complexity index is 827. The van der Waals surface area contributed by atoms with Gasteiger partial charge >= 0.3 is 0 Å².